The fourth-order valence-corrected chi connectivity index (χ4v) is 3.83. The van der Waals surface area contributed by atoms with Crippen molar-refractivity contribution in [1.29, 1.82) is 0 Å². The van der Waals surface area contributed by atoms with Crippen LogP contribution in [0.3, 0.4) is 0 Å². The molecule has 3 heterocycles. The van der Waals surface area contributed by atoms with Crippen molar-refractivity contribution in [3.63, 3.8) is 0 Å². The Bertz CT molecular complexity index is 1130. The van der Waals surface area contributed by atoms with Gasteiger partial charge in [-0.3, -0.25) is 9.78 Å². The number of hydrogen-bond acceptors (Lipinski definition) is 5. The lowest BCUT2D eigenvalue weighted by Gasteiger charge is -2.28. The minimum atomic E-state index is -4.49. The van der Waals surface area contributed by atoms with Crippen molar-refractivity contribution >= 4 is 11.6 Å². The number of carbonyl (C=O) groups excluding carboxylic acids is 1. The van der Waals surface area contributed by atoms with E-state index >= 15 is 0 Å². The number of aromatic nitrogens is 4. The van der Waals surface area contributed by atoms with E-state index in [0.29, 0.717) is 36.1 Å². The summed E-state index contributed by atoms with van der Waals surface area (Å²) in [5, 5.41) is 16.3. The molecule has 3 unspecified atom stereocenters. The van der Waals surface area contributed by atoms with Gasteiger partial charge in [0, 0.05) is 17.8 Å². The van der Waals surface area contributed by atoms with E-state index in [9.17, 15) is 27.5 Å². The molecular formula is C22H21F4N5O2. The number of alkyl halides is 4. The molecule has 3 aromatic rings. The van der Waals surface area contributed by atoms with Gasteiger partial charge in [-0.1, -0.05) is 0 Å². The van der Waals surface area contributed by atoms with Crippen LogP contribution >= 0.6 is 0 Å². The first kappa shape index (κ1) is 22.8. The van der Waals surface area contributed by atoms with Gasteiger partial charge in [0.1, 0.15) is 6.17 Å². The topological polar surface area (TPSA) is 92.9 Å². The summed E-state index contributed by atoms with van der Waals surface area (Å²) in [4.78, 5) is 20.8. The third-order valence-electron chi connectivity index (χ3n) is 5.75. The maximum atomic E-state index is 13.8. The second-order valence-electron chi connectivity index (χ2n) is 7.98. The summed E-state index contributed by atoms with van der Waals surface area (Å²) in [7, 11) is 0. The summed E-state index contributed by atoms with van der Waals surface area (Å²) in [6, 6.07) is 5.46. The fourth-order valence-electron chi connectivity index (χ4n) is 3.83. The second-order valence-corrected chi connectivity index (χ2v) is 7.98. The van der Waals surface area contributed by atoms with Crippen LogP contribution in [0.15, 0.2) is 42.9 Å². The van der Waals surface area contributed by atoms with Gasteiger partial charge in [0.05, 0.1) is 41.0 Å². The summed E-state index contributed by atoms with van der Waals surface area (Å²) in [6.45, 7) is 1.60. The van der Waals surface area contributed by atoms with Crippen molar-refractivity contribution in [2.45, 2.75) is 50.6 Å². The molecule has 1 aliphatic carbocycles. The van der Waals surface area contributed by atoms with Gasteiger partial charge in [-0.15, -0.1) is 0 Å². The molecule has 2 N–H and O–H groups in total. The Morgan fingerprint density at radius 2 is 1.91 bits per heavy atom. The average molecular weight is 463 g/mol. The van der Waals surface area contributed by atoms with Crippen molar-refractivity contribution in [3.05, 3.63) is 65.4 Å². The van der Waals surface area contributed by atoms with Crippen LogP contribution in [0.25, 0.3) is 5.82 Å². The predicted molar refractivity (Wildman–Crippen MR) is 111 cm³/mol. The summed E-state index contributed by atoms with van der Waals surface area (Å²) in [6.07, 6.45) is -1.99. The number of nitrogens with zero attached hydrogens (tertiary/aromatic N) is 4. The van der Waals surface area contributed by atoms with Gasteiger partial charge in [-0.25, -0.2) is 14.1 Å². The molecule has 1 fully saturated rings. The van der Waals surface area contributed by atoms with Gasteiger partial charge in [0.2, 0.25) is 0 Å². The van der Waals surface area contributed by atoms with Crippen LogP contribution in [-0.2, 0) is 6.18 Å². The number of nitrogens with one attached hydrogen (secondary N) is 1. The van der Waals surface area contributed by atoms with Crippen molar-refractivity contribution in [3.8, 4) is 5.82 Å². The Morgan fingerprint density at radius 3 is 2.52 bits per heavy atom. The normalized spacial score (nSPS) is 21.1. The van der Waals surface area contributed by atoms with Gasteiger partial charge in [-0.2, -0.15) is 18.3 Å². The average Bonchev–Trinajstić information content (AvgIpc) is 3.17. The second kappa shape index (κ2) is 8.89. The Balaban J connectivity index is 1.44. The lowest BCUT2D eigenvalue weighted by atomic mass is 9.84. The Labute approximate surface area is 186 Å². The number of anilines is 1. The van der Waals surface area contributed by atoms with E-state index in [1.165, 1.54) is 23.1 Å². The van der Waals surface area contributed by atoms with Crippen LogP contribution in [-0.4, -0.2) is 43.0 Å². The molecule has 0 spiro atoms. The van der Waals surface area contributed by atoms with Crippen LogP contribution in [0, 0.1) is 6.92 Å². The number of aliphatic hydroxyl groups is 1. The molecular weight excluding hydrogens is 442 g/mol. The highest BCUT2D eigenvalue weighted by Gasteiger charge is 2.31. The molecule has 0 aliphatic heterocycles. The maximum Gasteiger partial charge on any atom is 0.417 e. The molecule has 7 nitrogen and oxygen atoms in total. The van der Waals surface area contributed by atoms with Gasteiger partial charge in [0.25, 0.3) is 5.91 Å². The van der Waals surface area contributed by atoms with E-state index < -0.39 is 29.9 Å². The molecule has 1 saturated carbocycles. The number of aliphatic hydroxyl groups excluding tert-OH is 1. The summed E-state index contributed by atoms with van der Waals surface area (Å²) < 4.78 is 53.3. The molecule has 3 atom stereocenters. The predicted octanol–water partition coefficient (Wildman–Crippen LogP) is 4.21. The third-order valence-corrected chi connectivity index (χ3v) is 5.75. The van der Waals surface area contributed by atoms with Gasteiger partial charge < -0.3 is 10.4 Å². The fraction of sp³-hybridized carbons (Fsp3) is 0.364. The van der Waals surface area contributed by atoms with Crippen LogP contribution < -0.4 is 5.32 Å². The van der Waals surface area contributed by atoms with Crippen molar-refractivity contribution < 1.29 is 27.5 Å². The molecule has 3 aromatic heterocycles. The standard InChI is InChI=1S/C22H21F4N5O2/c1-12-16(11-29-31(12)20-7-3-14(9-28-20)22(24,25)26)21(33)30-15-4-5-18(27-10-15)13-2-6-19(32)17(23)8-13/h3-5,7,9-11,13,17,19,32H,2,6,8H2,1H3,(H,30,33). The lowest BCUT2D eigenvalue weighted by molar-refractivity contribution is -0.137. The summed E-state index contributed by atoms with van der Waals surface area (Å²) in [5.41, 5.74) is 0.869. The minimum Gasteiger partial charge on any atom is -0.390 e. The zero-order chi connectivity index (χ0) is 23.8. The molecule has 11 heteroatoms. The van der Waals surface area contributed by atoms with E-state index in [0.717, 1.165) is 6.07 Å². The molecule has 1 aliphatic rings. The highest BCUT2D eigenvalue weighted by molar-refractivity contribution is 6.04. The first-order valence-electron chi connectivity index (χ1n) is 10.3. The Kier molecular flexibility index (Phi) is 6.15. The van der Waals surface area contributed by atoms with Crippen LogP contribution in [0.1, 0.15) is 52.5 Å². The number of pyridine rings is 2. The van der Waals surface area contributed by atoms with E-state index in [-0.39, 0.29) is 23.7 Å². The number of halogens is 4. The zero-order valence-electron chi connectivity index (χ0n) is 17.6. The van der Waals surface area contributed by atoms with E-state index in [2.05, 4.69) is 20.4 Å². The number of rotatable bonds is 4. The number of amides is 1. The largest absolute Gasteiger partial charge is 0.417 e. The highest BCUT2D eigenvalue weighted by Crippen LogP contribution is 2.34. The summed E-state index contributed by atoms with van der Waals surface area (Å²) in [5.74, 6) is -0.413. The number of carbonyl (C=O) groups is 1. The Hall–Kier alpha value is -3.34. The smallest absolute Gasteiger partial charge is 0.390 e. The minimum absolute atomic E-state index is 0.0927. The number of hydrogen-bond donors (Lipinski definition) is 2. The van der Waals surface area contributed by atoms with Crippen molar-refractivity contribution in [2.75, 3.05) is 5.32 Å². The van der Waals surface area contributed by atoms with Gasteiger partial charge in [-0.05, 0) is 50.5 Å². The van der Waals surface area contributed by atoms with Crippen molar-refractivity contribution in [2.24, 2.45) is 0 Å². The molecule has 1 amide bonds. The van der Waals surface area contributed by atoms with Crippen LogP contribution in [0.2, 0.25) is 0 Å². The molecule has 33 heavy (non-hydrogen) atoms. The summed E-state index contributed by atoms with van der Waals surface area (Å²) >= 11 is 0. The molecule has 0 radical (unpaired) electrons. The maximum absolute atomic E-state index is 13.8. The van der Waals surface area contributed by atoms with Crippen LogP contribution in [0.5, 0.6) is 0 Å². The quantitative estimate of drug-likeness (QED) is 0.566. The zero-order valence-corrected chi connectivity index (χ0v) is 17.6. The molecule has 0 bridgehead atoms. The molecule has 4 rings (SSSR count). The molecule has 174 valence electrons. The van der Waals surface area contributed by atoms with Gasteiger partial charge in [0.15, 0.2) is 5.82 Å². The molecule has 0 aromatic carbocycles. The van der Waals surface area contributed by atoms with E-state index in [1.807, 2.05) is 0 Å². The SMILES string of the molecule is Cc1c(C(=O)Nc2ccc(C3CCC(O)C(F)C3)nc2)cnn1-c1ccc(C(F)(F)F)cn1. The third kappa shape index (κ3) is 4.87. The van der Waals surface area contributed by atoms with Crippen molar-refractivity contribution in [1.82, 2.24) is 19.7 Å². The molecule has 0 saturated heterocycles. The lowest BCUT2D eigenvalue weighted by Crippen LogP contribution is -2.29. The van der Waals surface area contributed by atoms with E-state index in [1.54, 1.807) is 19.1 Å². The highest BCUT2D eigenvalue weighted by atomic mass is 19.4. The first-order chi connectivity index (χ1) is 15.6. The van der Waals surface area contributed by atoms with Gasteiger partial charge >= 0.3 is 6.18 Å². The first-order valence-corrected chi connectivity index (χ1v) is 10.3. The van der Waals surface area contributed by atoms with E-state index in [4.69, 9.17) is 0 Å². The monoisotopic (exact) mass is 463 g/mol. The van der Waals surface area contributed by atoms with Crippen LogP contribution in [0.4, 0.5) is 23.2 Å². The Morgan fingerprint density at radius 1 is 1.12 bits per heavy atom.